The smallest absolute Gasteiger partial charge is 0.336 e. The van der Waals surface area contributed by atoms with E-state index in [9.17, 15) is 9.18 Å². The average molecular weight is 369 g/mol. The molecule has 3 aromatic rings. The van der Waals surface area contributed by atoms with Crippen LogP contribution in [0.1, 0.15) is 5.56 Å². The molecule has 0 radical (unpaired) electrons. The molecule has 1 fully saturated rings. The third kappa shape index (κ3) is 3.66. The molecule has 27 heavy (non-hydrogen) atoms. The predicted octanol–water partition coefficient (Wildman–Crippen LogP) is 1.85. The number of anilines is 1. The van der Waals surface area contributed by atoms with Crippen LogP contribution in [-0.4, -0.2) is 33.3 Å². The lowest BCUT2D eigenvalue weighted by Gasteiger charge is -2.33. The van der Waals surface area contributed by atoms with Gasteiger partial charge in [-0.2, -0.15) is 0 Å². The van der Waals surface area contributed by atoms with Crippen LogP contribution in [0.15, 0.2) is 57.7 Å². The quantitative estimate of drug-likeness (QED) is 0.713. The van der Waals surface area contributed by atoms with Gasteiger partial charge in [0.05, 0.1) is 39.0 Å². The van der Waals surface area contributed by atoms with Crippen LogP contribution in [0.25, 0.3) is 11.0 Å². The minimum atomic E-state index is -0.352. The van der Waals surface area contributed by atoms with Crippen molar-refractivity contribution in [3.63, 3.8) is 0 Å². The zero-order chi connectivity index (χ0) is 18.8. The topological polar surface area (TPSA) is 47.1 Å². The van der Waals surface area contributed by atoms with Crippen LogP contribution >= 0.6 is 0 Å². The van der Waals surface area contributed by atoms with Crippen molar-refractivity contribution in [2.45, 2.75) is 6.54 Å². The van der Waals surface area contributed by atoms with Crippen molar-refractivity contribution in [3.05, 3.63) is 70.3 Å². The molecule has 0 atom stereocenters. The monoisotopic (exact) mass is 369 g/mol. The molecule has 4 rings (SSSR count). The average Bonchev–Trinajstić information content (AvgIpc) is 2.68. The largest absolute Gasteiger partial charge is 0.497 e. The van der Waals surface area contributed by atoms with Gasteiger partial charge in [-0.3, -0.25) is 0 Å². The maximum Gasteiger partial charge on any atom is 0.336 e. The minimum absolute atomic E-state index is 0.179. The van der Waals surface area contributed by atoms with E-state index in [2.05, 4.69) is 4.90 Å². The Morgan fingerprint density at radius 1 is 1.15 bits per heavy atom. The van der Waals surface area contributed by atoms with E-state index in [4.69, 9.17) is 9.15 Å². The number of nitrogens with one attached hydrogen (secondary N) is 1. The number of halogens is 1. The van der Waals surface area contributed by atoms with Gasteiger partial charge in [0, 0.05) is 23.1 Å². The normalized spacial score (nSPS) is 15.3. The van der Waals surface area contributed by atoms with Crippen molar-refractivity contribution in [1.29, 1.82) is 0 Å². The summed E-state index contributed by atoms with van der Waals surface area (Å²) < 4.78 is 24.5. The van der Waals surface area contributed by atoms with E-state index < -0.39 is 0 Å². The number of fused-ring (bicyclic) bond motifs is 1. The Morgan fingerprint density at radius 2 is 1.93 bits per heavy atom. The van der Waals surface area contributed by atoms with Crippen LogP contribution in [0.3, 0.4) is 0 Å². The van der Waals surface area contributed by atoms with Gasteiger partial charge in [-0.25, -0.2) is 9.18 Å². The lowest BCUT2D eigenvalue weighted by atomic mass is 10.1. The molecule has 0 bridgehead atoms. The van der Waals surface area contributed by atoms with Crippen LogP contribution < -0.4 is 20.2 Å². The highest BCUT2D eigenvalue weighted by Crippen LogP contribution is 2.22. The lowest BCUT2D eigenvalue weighted by molar-refractivity contribution is -0.914. The Balaban J connectivity index is 1.51. The number of para-hydroxylation sites is 1. The van der Waals surface area contributed by atoms with Gasteiger partial charge >= 0.3 is 5.63 Å². The van der Waals surface area contributed by atoms with Gasteiger partial charge in [0.1, 0.15) is 23.7 Å². The third-order valence-corrected chi connectivity index (χ3v) is 5.14. The number of rotatable bonds is 4. The second-order valence-corrected chi connectivity index (χ2v) is 6.82. The molecule has 5 nitrogen and oxygen atoms in total. The maximum atomic E-state index is 14.0. The molecule has 0 saturated carbocycles. The first-order valence-corrected chi connectivity index (χ1v) is 9.08. The van der Waals surface area contributed by atoms with E-state index in [0.29, 0.717) is 17.0 Å². The van der Waals surface area contributed by atoms with Crippen LogP contribution in [0, 0.1) is 5.82 Å². The van der Waals surface area contributed by atoms with Crippen molar-refractivity contribution in [1.82, 2.24) is 0 Å². The number of nitrogens with zero attached hydrogens (tertiary/aromatic N) is 1. The van der Waals surface area contributed by atoms with Gasteiger partial charge in [-0.15, -0.1) is 0 Å². The molecular formula is C21H22FN2O3+. The van der Waals surface area contributed by atoms with Gasteiger partial charge in [0.15, 0.2) is 0 Å². The fourth-order valence-corrected chi connectivity index (χ4v) is 3.70. The number of hydrogen-bond acceptors (Lipinski definition) is 4. The second-order valence-electron chi connectivity index (χ2n) is 6.82. The summed E-state index contributed by atoms with van der Waals surface area (Å²) in [6.45, 7) is 4.06. The molecule has 6 heteroatoms. The minimum Gasteiger partial charge on any atom is -0.497 e. The molecule has 1 aliphatic heterocycles. The SMILES string of the molecule is COc1ccc2c(C[NH+]3CCN(c4ccccc4F)CC3)cc(=O)oc2c1. The predicted molar refractivity (Wildman–Crippen MR) is 102 cm³/mol. The van der Waals surface area contributed by atoms with Crippen molar-refractivity contribution in [3.8, 4) is 5.75 Å². The number of ether oxygens (including phenoxy) is 1. The highest BCUT2D eigenvalue weighted by atomic mass is 19.1. The summed E-state index contributed by atoms with van der Waals surface area (Å²) in [5.41, 5.74) is 1.82. The van der Waals surface area contributed by atoms with Crippen LogP contribution in [0.4, 0.5) is 10.1 Å². The zero-order valence-electron chi connectivity index (χ0n) is 15.2. The molecule has 1 saturated heterocycles. The Kier molecular flexibility index (Phi) is 4.81. The number of methoxy groups -OCH3 is 1. The molecule has 1 aliphatic rings. The van der Waals surface area contributed by atoms with Gasteiger partial charge < -0.3 is 19.0 Å². The van der Waals surface area contributed by atoms with Gasteiger partial charge in [0.2, 0.25) is 0 Å². The van der Waals surface area contributed by atoms with E-state index in [1.165, 1.54) is 11.0 Å². The van der Waals surface area contributed by atoms with Crippen LogP contribution in [0.5, 0.6) is 5.75 Å². The molecule has 0 aliphatic carbocycles. The Labute approximate surface area is 156 Å². The number of quaternary nitrogens is 1. The number of hydrogen-bond donors (Lipinski definition) is 1. The van der Waals surface area contributed by atoms with Crippen molar-refractivity contribution >= 4 is 16.7 Å². The van der Waals surface area contributed by atoms with Gasteiger partial charge in [-0.05, 0) is 24.3 Å². The highest BCUT2D eigenvalue weighted by Gasteiger charge is 2.23. The first-order chi connectivity index (χ1) is 13.1. The number of benzene rings is 2. The van der Waals surface area contributed by atoms with E-state index >= 15 is 0 Å². The zero-order valence-corrected chi connectivity index (χ0v) is 15.2. The second kappa shape index (κ2) is 7.40. The molecular weight excluding hydrogens is 347 g/mol. The molecule has 2 aromatic carbocycles. The maximum absolute atomic E-state index is 14.0. The lowest BCUT2D eigenvalue weighted by Crippen LogP contribution is -3.13. The molecule has 0 amide bonds. The third-order valence-electron chi connectivity index (χ3n) is 5.14. The molecule has 2 heterocycles. The first-order valence-electron chi connectivity index (χ1n) is 9.08. The van der Waals surface area contributed by atoms with E-state index in [1.807, 2.05) is 24.3 Å². The molecule has 1 aromatic heterocycles. The van der Waals surface area contributed by atoms with Crippen molar-refractivity contribution in [2.75, 3.05) is 38.2 Å². The van der Waals surface area contributed by atoms with E-state index in [0.717, 1.165) is 43.7 Å². The Morgan fingerprint density at radius 3 is 2.67 bits per heavy atom. The summed E-state index contributed by atoms with van der Waals surface area (Å²) in [4.78, 5) is 15.4. The van der Waals surface area contributed by atoms with Crippen molar-refractivity contribution < 1.29 is 18.4 Å². The molecule has 0 unspecified atom stereocenters. The molecule has 0 spiro atoms. The van der Waals surface area contributed by atoms with Crippen molar-refractivity contribution in [2.24, 2.45) is 0 Å². The molecule has 1 N–H and O–H groups in total. The Bertz CT molecular complexity index is 1010. The summed E-state index contributed by atoms with van der Waals surface area (Å²) in [6, 6.07) is 14.0. The van der Waals surface area contributed by atoms with Gasteiger partial charge in [-0.1, -0.05) is 12.1 Å². The van der Waals surface area contributed by atoms with E-state index in [-0.39, 0.29) is 11.4 Å². The van der Waals surface area contributed by atoms with Gasteiger partial charge in [0.25, 0.3) is 0 Å². The Hall–Kier alpha value is -2.86. The van der Waals surface area contributed by atoms with E-state index in [1.54, 1.807) is 25.3 Å². The fourth-order valence-electron chi connectivity index (χ4n) is 3.70. The van der Waals surface area contributed by atoms with Crippen LogP contribution in [0.2, 0.25) is 0 Å². The fraction of sp³-hybridized carbons (Fsp3) is 0.286. The van der Waals surface area contributed by atoms with Crippen LogP contribution in [-0.2, 0) is 6.54 Å². The summed E-state index contributed by atoms with van der Waals surface area (Å²) in [7, 11) is 1.59. The standard InChI is InChI=1S/C21H21FN2O3/c1-26-16-6-7-17-15(12-21(25)27-20(17)13-16)14-23-8-10-24(11-9-23)19-5-3-2-4-18(19)22/h2-7,12-13H,8-11,14H2,1H3/p+1. The number of piperazine rings is 1. The molecule has 140 valence electrons. The first kappa shape index (κ1) is 17.5. The summed E-state index contributed by atoms with van der Waals surface area (Å²) in [5.74, 6) is 0.482. The summed E-state index contributed by atoms with van der Waals surface area (Å²) in [5, 5.41) is 0.930. The summed E-state index contributed by atoms with van der Waals surface area (Å²) >= 11 is 0. The summed E-state index contributed by atoms with van der Waals surface area (Å²) in [6.07, 6.45) is 0. The highest BCUT2D eigenvalue weighted by molar-refractivity contribution is 5.81.